The molecule has 2 aromatic carbocycles. The first-order chi connectivity index (χ1) is 15.6. The van der Waals surface area contributed by atoms with Gasteiger partial charge >= 0.3 is 6.18 Å². The van der Waals surface area contributed by atoms with Crippen LogP contribution in [0, 0.1) is 0 Å². The highest BCUT2D eigenvalue weighted by Crippen LogP contribution is 2.35. The number of halogens is 5. The first kappa shape index (κ1) is 26.2. The lowest BCUT2D eigenvalue weighted by atomic mass is 10.0. The van der Waals surface area contributed by atoms with Gasteiger partial charge in [-0.1, -0.05) is 36.2 Å². The van der Waals surface area contributed by atoms with Crippen LogP contribution in [0.1, 0.15) is 40.4 Å². The van der Waals surface area contributed by atoms with Crippen molar-refractivity contribution in [2.24, 2.45) is 0 Å². The van der Waals surface area contributed by atoms with Gasteiger partial charge in [0.1, 0.15) is 0 Å². The van der Waals surface area contributed by atoms with E-state index in [1.165, 1.54) is 23.9 Å². The summed E-state index contributed by atoms with van der Waals surface area (Å²) < 4.78 is 41.4. The molecule has 1 amide bonds. The first-order valence-electron chi connectivity index (χ1n) is 10.6. The van der Waals surface area contributed by atoms with E-state index >= 15 is 0 Å². The maximum atomic E-state index is 13.8. The molecule has 4 nitrogen and oxygen atoms in total. The standard InChI is InChI=1S/C23H26Cl2F3N3OS/c1-3-33-21-16(8-17(24)10-20(21)25)11-30-22(32)14-4-5-15(19(9-14)23(26,27)28)12-31-7-6-18(13-31)29-2/h4-5,8-10,18,29H,3,6-7,11-13H2,1-2H3,(H,30,32). The molecule has 1 aliphatic heterocycles. The normalized spacial score (nSPS) is 16.9. The molecule has 0 saturated carbocycles. The number of nitrogens with one attached hydrogen (secondary N) is 2. The number of amides is 1. The molecule has 1 saturated heterocycles. The molecule has 180 valence electrons. The molecule has 1 fully saturated rings. The summed E-state index contributed by atoms with van der Waals surface area (Å²) in [6, 6.07) is 7.38. The third-order valence-corrected chi connectivity index (χ3v) is 7.25. The lowest BCUT2D eigenvalue weighted by molar-refractivity contribution is -0.138. The van der Waals surface area contributed by atoms with Gasteiger partial charge in [0.05, 0.1) is 10.6 Å². The average molecular weight is 520 g/mol. The Hall–Kier alpha value is -1.45. The summed E-state index contributed by atoms with van der Waals surface area (Å²) in [5, 5.41) is 6.76. The summed E-state index contributed by atoms with van der Waals surface area (Å²) in [5.74, 6) is 0.178. The number of rotatable bonds is 8. The van der Waals surface area contributed by atoms with Crippen LogP contribution in [0.4, 0.5) is 13.2 Å². The second kappa shape index (κ2) is 11.3. The van der Waals surface area contributed by atoms with Crippen LogP contribution in [-0.4, -0.2) is 42.7 Å². The number of alkyl halides is 3. The number of carbonyl (C=O) groups excluding carboxylic acids is 1. The molecule has 0 spiro atoms. The number of thioether (sulfide) groups is 1. The van der Waals surface area contributed by atoms with E-state index in [1.807, 2.05) is 18.9 Å². The van der Waals surface area contributed by atoms with E-state index in [2.05, 4.69) is 10.6 Å². The molecule has 0 aliphatic carbocycles. The third-order valence-electron chi connectivity index (χ3n) is 5.57. The van der Waals surface area contributed by atoms with Crippen molar-refractivity contribution in [2.75, 3.05) is 25.9 Å². The molecule has 0 radical (unpaired) electrons. The van der Waals surface area contributed by atoms with Gasteiger partial charge in [-0.25, -0.2) is 0 Å². The highest BCUT2D eigenvalue weighted by atomic mass is 35.5. The number of hydrogen-bond donors (Lipinski definition) is 2. The van der Waals surface area contributed by atoms with Crippen LogP contribution in [-0.2, 0) is 19.3 Å². The Labute approximate surface area is 206 Å². The minimum atomic E-state index is -4.56. The minimum absolute atomic E-state index is 0.0431. The second-order valence-electron chi connectivity index (χ2n) is 7.87. The van der Waals surface area contributed by atoms with E-state index in [4.69, 9.17) is 23.2 Å². The summed E-state index contributed by atoms with van der Waals surface area (Å²) in [6.45, 7) is 3.68. The van der Waals surface area contributed by atoms with Crippen molar-refractivity contribution in [3.8, 4) is 0 Å². The van der Waals surface area contributed by atoms with Crippen molar-refractivity contribution >= 4 is 40.9 Å². The molecule has 1 aliphatic rings. The number of nitrogens with zero attached hydrogens (tertiary/aromatic N) is 1. The smallest absolute Gasteiger partial charge is 0.348 e. The van der Waals surface area contributed by atoms with E-state index in [9.17, 15) is 18.0 Å². The Kier molecular flexibility index (Phi) is 8.97. The third kappa shape index (κ3) is 6.79. The number of hydrogen-bond acceptors (Lipinski definition) is 4. The molecule has 33 heavy (non-hydrogen) atoms. The molecule has 2 aromatic rings. The Bertz CT molecular complexity index is 1000. The van der Waals surface area contributed by atoms with Gasteiger partial charge in [0.25, 0.3) is 5.91 Å². The Morgan fingerprint density at radius 3 is 2.61 bits per heavy atom. The van der Waals surface area contributed by atoms with Gasteiger partial charge in [-0.15, -0.1) is 11.8 Å². The number of benzene rings is 2. The largest absolute Gasteiger partial charge is 0.416 e. The lowest BCUT2D eigenvalue weighted by Gasteiger charge is -2.20. The lowest BCUT2D eigenvalue weighted by Crippen LogP contribution is -2.30. The van der Waals surface area contributed by atoms with E-state index < -0.39 is 17.6 Å². The predicted octanol–water partition coefficient (Wildman–Crippen LogP) is 5.85. The van der Waals surface area contributed by atoms with E-state index in [-0.39, 0.29) is 30.3 Å². The highest BCUT2D eigenvalue weighted by molar-refractivity contribution is 7.99. The monoisotopic (exact) mass is 519 g/mol. The van der Waals surface area contributed by atoms with Crippen molar-refractivity contribution in [1.82, 2.24) is 15.5 Å². The molecular weight excluding hydrogens is 494 g/mol. The van der Waals surface area contributed by atoms with Gasteiger partial charge in [-0.2, -0.15) is 13.2 Å². The summed E-state index contributed by atoms with van der Waals surface area (Å²) in [5.41, 5.74) is 0.0575. The predicted molar refractivity (Wildman–Crippen MR) is 128 cm³/mol. The van der Waals surface area contributed by atoms with Gasteiger partial charge < -0.3 is 10.6 Å². The minimum Gasteiger partial charge on any atom is -0.348 e. The molecule has 1 unspecified atom stereocenters. The second-order valence-corrected chi connectivity index (χ2v) is 9.99. The molecule has 0 aromatic heterocycles. The van der Waals surface area contributed by atoms with Crippen LogP contribution >= 0.6 is 35.0 Å². The van der Waals surface area contributed by atoms with Crippen molar-refractivity contribution < 1.29 is 18.0 Å². The number of carbonyl (C=O) groups is 1. The molecule has 3 rings (SSSR count). The van der Waals surface area contributed by atoms with E-state index in [0.29, 0.717) is 22.2 Å². The van der Waals surface area contributed by atoms with Crippen molar-refractivity contribution in [3.05, 3.63) is 62.6 Å². The summed E-state index contributed by atoms with van der Waals surface area (Å²) in [6.07, 6.45) is -3.66. The fourth-order valence-corrected chi connectivity index (χ4v) is 5.40. The zero-order valence-electron chi connectivity index (χ0n) is 18.4. The quantitative estimate of drug-likeness (QED) is 0.429. The Morgan fingerprint density at radius 1 is 1.21 bits per heavy atom. The topological polar surface area (TPSA) is 44.4 Å². The molecule has 10 heteroatoms. The van der Waals surface area contributed by atoms with E-state index in [0.717, 1.165) is 29.7 Å². The summed E-state index contributed by atoms with van der Waals surface area (Å²) in [7, 11) is 1.85. The maximum absolute atomic E-state index is 13.8. The maximum Gasteiger partial charge on any atom is 0.416 e. The zero-order chi connectivity index (χ0) is 24.2. The van der Waals surface area contributed by atoms with Crippen molar-refractivity contribution in [3.63, 3.8) is 0 Å². The van der Waals surface area contributed by atoms with Crippen molar-refractivity contribution in [1.29, 1.82) is 0 Å². The zero-order valence-corrected chi connectivity index (χ0v) is 20.7. The number of likely N-dealkylation sites (N-methyl/N-ethyl adjacent to an activating group) is 1. The average Bonchev–Trinajstić information content (AvgIpc) is 3.21. The fourth-order valence-electron chi connectivity index (χ4n) is 3.90. The molecule has 2 N–H and O–H groups in total. The molecule has 1 atom stereocenters. The fraction of sp³-hybridized carbons (Fsp3) is 0.435. The SMILES string of the molecule is CCSc1c(Cl)cc(Cl)cc1CNC(=O)c1ccc(CN2CCC(NC)C2)c(C(F)(F)F)c1. The van der Waals surface area contributed by atoms with Gasteiger partial charge in [-0.3, -0.25) is 9.69 Å². The van der Waals surface area contributed by atoms with Gasteiger partial charge in [0, 0.05) is 47.7 Å². The highest BCUT2D eigenvalue weighted by Gasteiger charge is 2.35. The van der Waals surface area contributed by atoms with Crippen LogP contribution in [0.5, 0.6) is 0 Å². The summed E-state index contributed by atoms with van der Waals surface area (Å²) >= 11 is 13.9. The van der Waals surface area contributed by atoms with Gasteiger partial charge in [0.15, 0.2) is 0 Å². The molecular formula is C23H26Cl2F3N3OS. The first-order valence-corrected chi connectivity index (χ1v) is 12.3. The van der Waals surface area contributed by atoms with Crippen LogP contribution in [0.15, 0.2) is 35.2 Å². The van der Waals surface area contributed by atoms with Crippen molar-refractivity contribution in [2.45, 2.75) is 43.5 Å². The van der Waals surface area contributed by atoms with Gasteiger partial charge in [0.2, 0.25) is 0 Å². The van der Waals surface area contributed by atoms with E-state index in [1.54, 1.807) is 12.1 Å². The molecule has 1 heterocycles. The Balaban J connectivity index is 1.77. The molecule has 0 bridgehead atoms. The Morgan fingerprint density at radius 2 is 1.97 bits per heavy atom. The van der Waals surface area contributed by atoms with Crippen LogP contribution in [0.3, 0.4) is 0 Å². The number of likely N-dealkylation sites (tertiary alicyclic amines) is 1. The van der Waals surface area contributed by atoms with Gasteiger partial charge in [-0.05, 0) is 54.6 Å². The van der Waals surface area contributed by atoms with Crippen LogP contribution in [0.2, 0.25) is 10.0 Å². The summed E-state index contributed by atoms with van der Waals surface area (Å²) in [4.78, 5) is 15.5. The van der Waals surface area contributed by atoms with Crippen LogP contribution in [0.25, 0.3) is 0 Å². The van der Waals surface area contributed by atoms with Crippen LogP contribution < -0.4 is 10.6 Å².